The molecule has 2 fully saturated rings. The maximum absolute atomic E-state index is 13.1. The highest BCUT2D eigenvalue weighted by molar-refractivity contribution is 7.20. The first-order valence-electron chi connectivity index (χ1n) is 11.1. The fraction of sp³-hybridized carbons (Fsp3) is 0.957. The number of esters is 1. The fourth-order valence-electron chi connectivity index (χ4n) is 6.31. The minimum absolute atomic E-state index is 0.0166. The van der Waals surface area contributed by atoms with Crippen LogP contribution in [0.3, 0.4) is 0 Å². The van der Waals surface area contributed by atoms with Gasteiger partial charge < -0.3 is 4.74 Å². The van der Waals surface area contributed by atoms with E-state index >= 15 is 0 Å². The van der Waals surface area contributed by atoms with E-state index in [-0.39, 0.29) is 11.6 Å². The molecule has 0 aromatic heterocycles. The Labute approximate surface area is 164 Å². The van der Waals surface area contributed by atoms with E-state index in [0.29, 0.717) is 11.8 Å². The summed E-state index contributed by atoms with van der Waals surface area (Å²) >= 11 is 0. The monoisotopic (exact) mass is 382 g/mol. The average Bonchev–Trinajstić information content (AvgIpc) is 3.12. The third-order valence-electron chi connectivity index (χ3n) is 7.73. The quantitative estimate of drug-likeness (QED) is 0.355. The largest absolute Gasteiger partial charge is 0.458 e. The van der Waals surface area contributed by atoms with Gasteiger partial charge >= 0.3 is 5.97 Å². The number of rotatable bonds is 8. The van der Waals surface area contributed by atoms with Crippen LogP contribution in [0.15, 0.2) is 0 Å². The zero-order chi connectivity index (χ0) is 19.7. The summed E-state index contributed by atoms with van der Waals surface area (Å²) in [5.41, 5.74) is -0.270. The summed E-state index contributed by atoms with van der Waals surface area (Å²) in [5.74, 6) is 4.43. The van der Waals surface area contributed by atoms with Crippen LogP contribution in [0.5, 0.6) is 0 Å². The van der Waals surface area contributed by atoms with Gasteiger partial charge in [-0.3, -0.25) is 4.79 Å². The van der Waals surface area contributed by atoms with Crippen molar-refractivity contribution < 1.29 is 9.53 Å². The summed E-state index contributed by atoms with van der Waals surface area (Å²) in [6.45, 7) is 15.6. The molecule has 2 nitrogen and oxygen atoms in total. The molecule has 0 aliphatic heterocycles. The van der Waals surface area contributed by atoms with Crippen LogP contribution in [0.25, 0.3) is 0 Å². The topological polar surface area (TPSA) is 26.3 Å². The molecule has 0 radical (unpaired) electrons. The van der Waals surface area contributed by atoms with Gasteiger partial charge in [0.05, 0.1) is 5.16 Å². The lowest BCUT2D eigenvalue weighted by molar-refractivity contribution is -0.171. The molecule has 0 heterocycles. The van der Waals surface area contributed by atoms with E-state index in [1.54, 1.807) is 0 Å². The van der Waals surface area contributed by atoms with Gasteiger partial charge in [0.25, 0.3) is 0 Å². The molecule has 0 spiro atoms. The Hall–Kier alpha value is -0.100. The molecule has 0 amide bonds. The zero-order valence-corrected chi connectivity index (χ0v) is 19.5. The summed E-state index contributed by atoms with van der Waals surface area (Å²) in [6, 6.07) is 0. The summed E-state index contributed by atoms with van der Waals surface area (Å²) in [4.78, 5) is 13.1. The van der Waals surface area contributed by atoms with Gasteiger partial charge in [0, 0.05) is 0 Å². The fourth-order valence-corrected chi connectivity index (χ4v) is 6.84. The molecule has 0 bridgehead atoms. The van der Waals surface area contributed by atoms with E-state index in [4.69, 9.17) is 4.74 Å². The minimum Gasteiger partial charge on any atom is -0.458 e. The van der Waals surface area contributed by atoms with Gasteiger partial charge in [0.2, 0.25) is 0 Å². The molecule has 7 unspecified atom stereocenters. The van der Waals surface area contributed by atoms with Crippen LogP contribution in [-0.4, -0.2) is 16.7 Å². The van der Waals surface area contributed by atoms with Crippen molar-refractivity contribution in [2.24, 2.45) is 35.5 Å². The molecule has 0 saturated heterocycles. The molecule has 3 heteroatoms. The third-order valence-corrected chi connectivity index (χ3v) is 8.21. The zero-order valence-electron chi connectivity index (χ0n) is 18.3. The first kappa shape index (κ1) is 22.2. The lowest BCUT2D eigenvalue weighted by atomic mass is 9.78. The second-order valence-electron chi connectivity index (χ2n) is 10.1. The van der Waals surface area contributed by atoms with Crippen molar-refractivity contribution in [2.45, 2.75) is 104 Å². The van der Waals surface area contributed by atoms with E-state index in [1.807, 2.05) is 6.92 Å². The predicted octanol–water partition coefficient (Wildman–Crippen LogP) is 6.48. The van der Waals surface area contributed by atoms with Crippen LogP contribution in [0, 0.1) is 35.5 Å². The van der Waals surface area contributed by atoms with E-state index in [1.165, 1.54) is 25.7 Å². The molecule has 0 N–H and O–H groups in total. The lowest BCUT2D eigenvalue weighted by Crippen LogP contribution is -2.46. The van der Waals surface area contributed by atoms with Gasteiger partial charge in [0.1, 0.15) is 5.60 Å². The van der Waals surface area contributed by atoms with Crippen molar-refractivity contribution in [1.29, 1.82) is 0 Å². The van der Waals surface area contributed by atoms with Crippen molar-refractivity contribution in [2.75, 3.05) is 0 Å². The van der Waals surface area contributed by atoms with Gasteiger partial charge in [-0.1, -0.05) is 48.0 Å². The van der Waals surface area contributed by atoms with Crippen LogP contribution in [-0.2, 0) is 9.53 Å². The lowest BCUT2D eigenvalue weighted by Gasteiger charge is -2.40. The predicted molar refractivity (Wildman–Crippen MR) is 114 cm³/mol. The highest BCUT2D eigenvalue weighted by Crippen LogP contribution is 2.57. The molecule has 2 saturated carbocycles. The smallest absolute Gasteiger partial charge is 0.316 e. The Morgan fingerprint density at radius 3 is 2.19 bits per heavy atom. The van der Waals surface area contributed by atoms with Crippen molar-refractivity contribution in [3.63, 3.8) is 0 Å². The maximum Gasteiger partial charge on any atom is 0.316 e. The van der Waals surface area contributed by atoms with Gasteiger partial charge in [-0.25, -0.2) is 0 Å². The number of hydrogen-bond acceptors (Lipinski definition) is 2. The van der Waals surface area contributed by atoms with Crippen LogP contribution in [0.1, 0.15) is 93.4 Å². The molecule has 152 valence electrons. The van der Waals surface area contributed by atoms with Crippen LogP contribution >= 0.6 is 9.24 Å². The highest BCUT2D eigenvalue weighted by Gasteiger charge is 2.53. The van der Waals surface area contributed by atoms with E-state index in [0.717, 1.165) is 42.9 Å². The summed E-state index contributed by atoms with van der Waals surface area (Å²) in [5, 5.41) is -0.475. The first-order chi connectivity index (χ1) is 12.1. The molecular formula is C23H43O2P. The molecule has 0 aromatic carbocycles. The number of fused-ring (bicyclic) bond motifs is 1. The van der Waals surface area contributed by atoms with Crippen molar-refractivity contribution in [1.82, 2.24) is 0 Å². The first-order valence-corrected chi connectivity index (χ1v) is 11.7. The minimum atomic E-state index is -0.475. The third kappa shape index (κ3) is 4.31. The number of carbonyl (C=O) groups is 1. The van der Waals surface area contributed by atoms with E-state index in [9.17, 15) is 4.79 Å². The normalized spacial score (nSPS) is 34.0. The summed E-state index contributed by atoms with van der Waals surface area (Å²) in [6.07, 6.45) is 7.96. The second-order valence-corrected chi connectivity index (χ2v) is 11.3. The number of ether oxygens (including phenoxy) is 1. The standard InChI is InChI=1S/C23H43O2P/c1-8-17-11-16(6)19-12-18(13-20(17)19)23(9-2,10-3)25-21(24)22(7,26)14-15(4)5/h15-20H,8-14,26H2,1-7H3. The highest BCUT2D eigenvalue weighted by atomic mass is 31.0. The average molecular weight is 383 g/mol. The Bertz CT molecular complexity index is 481. The van der Waals surface area contributed by atoms with Crippen LogP contribution in [0.2, 0.25) is 0 Å². The molecule has 7 atom stereocenters. The molecule has 26 heavy (non-hydrogen) atoms. The van der Waals surface area contributed by atoms with Gasteiger partial charge in [-0.05, 0) is 81.0 Å². The Morgan fingerprint density at radius 2 is 1.69 bits per heavy atom. The Kier molecular flexibility index (Phi) is 7.26. The maximum atomic E-state index is 13.1. The molecule has 0 aromatic rings. The van der Waals surface area contributed by atoms with Gasteiger partial charge in [-0.2, -0.15) is 0 Å². The SMILES string of the molecule is CCC1CC(C)C2CC(C(CC)(CC)OC(=O)C(C)(P)CC(C)C)CC12. The van der Waals surface area contributed by atoms with Gasteiger partial charge in [0.15, 0.2) is 0 Å². The van der Waals surface area contributed by atoms with E-state index in [2.05, 4.69) is 50.8 Å². The van der Waals surface area contributed by atoms with Crippen LogP contribution in [0.4, 0.5) is 0 Å². The Morgan fingerprint density at radius 1 is 1.12 bits per heavy atom. The number of hydrogen-bond donors (Lipinski definition) is 0. The summed E-state index contributed by atoms with van der Waals surface area (Å²) < 4.78 is 6.40. The molecule has 2 rings (SSSR count). The molecule has 2 aliphatic rings. The van der Waals surface area contributed by atoms with E-state index < -0.39 is 5.16 Å². The van der Waals surface area contributed by atoms with Crippen molar-refractivity contribution >= 4 is 15.2 Å². The summed E-state index contributed by atoms with van der Waals surface area (Å²) in [7, 11) is 2.78. The number of carbonyl (C=O) groups excluding carboxylic acids is 1. The Balaban J connectivity index is 2.16. The van der Waals surface area contributed by atoms with Crippen molar-refractivity contribution in [3.05, 3.63) is 0 Å². The second kappa shape index (κ2) is 8.50. The van der Waals surface area contributed by atoms with Crippen molar-refractivity contribution in [3.8, 4) is 0 Å². The van der Waals surface area contributed by atoms with Gasteiger partial charge in [-0.15, -0.1) is 9.24 Å². The van der Waals surface area contributed by atoms with Crippen LogP contribution < -0.4 is 0 Å². The molecule has 2 aliphatic carbocycles. The molecular weight excluding hydrogens is 339 g/mol.